The quantitative estimate of drug-likeness (QED) is 0.684. The van der Waals surface area contributed by atoms with Crippen LogP contribution in [0.5, 0.6) is 0 Å². The molecule has 0 radical (unpaired) electrons. The maximum Gasteiger partial charge on any atom is 0.338 e. The number of rotatable bonds is 4. The topological polar surface area (TPSA) is 81.2 Å². The third kappa shape index (κ3) is 3.97. The minimum absolute atomic E-state index is 0.340. The molecule has 29 heavy (non-hydrogen) atoms. The van der Waals surface area contributed by atoms with Crippen LogP contribution in [0.2, 0.25) is 0 Å². The molecule has 0 spiro atoms. The summed E-state index contributed by atoms with van der Waals surface area (Å²) >= 11 is 0. The normalized spacial score (nSPS) is 13.8. The SMILES string of the molecule is Cc1nc2ccc(C(=O)O[C@@H](C)C(=O)Nc3ccc4c(c3)CCC4)cc2nc1C. The van der Waals surface area contributed by atoms with Crippen LogP contribution in [0.25, 0.3) is 11.0 Å². The van der Waals surface area contributed by atoms with Crippen LogP contribution in [-0.4, -0.2) is 27.9 Å². The zero-order valence-electron chi connectivity index (χ0n) is 16.8. The third-order valence-corrected chi connectivity index (χ3v) is 5.33. The Balaban J connectivity index is 1.44. The average molecular weight is 389 g/mol. The first-order valence-electron chi connectivity index (χ1n) is 9.79. The molecule has 0 unspecified atom stereocenters. The largest absolute Gasteiger partial charge is 0.449 e. The number of esters is 1. The lowest BCUT2D eigenvalue weighted by molar-refractivity contribution is -0.123. The standard InChI is InChI=1S/C23H23N3O3/c1-13-14(2)25-21-12-18(8-10-20(21)24-13)23(28)29-15(3)22(27)26-19-9-7-16-5-4-6-17(16)11-19/h7-12,15H,4-6H2,1-3H3,(H,26,27)/t15-/m0/s1. The fourth-order valence-electron chi connectivity index (χ4n) is 3.53. The lowest BCUT2D eigenvalue weighted by Gasteiger charge is -2.14. The first-order valence-corrected chi connectivity index (χ1v) is 9.79. The molecule has 148 valence electrons. The van der Waals surface area contributed by atoms with E-state index in [1.165, 1.54) is 11.1 Å². The third-order valence-electron chi connectivity index (χ3n) is 5.33. The average Bonchev–Trinajstić information content (AvgIpc) is 3.16. The van der Waals surface area contributed by atoms with E-state index in [1.54, 1.807) is 25.1 Å². The minimum atomic E-state index is -0.919. The van der Waals surface area contributed by atoms with E-state index in [-0.39, 0.29) is 5.91 Å². The number of hydrogen-bond acceptors (Lipinski definition) is 5. The summed E-state index contributed by atoms with van der Waals surface area (Å²) in [6.07, 6.45) is 2.35. The fraction of sp³-hybridized carbons (Fsp3) is 0.304. The first-order chi connectivity index (χ1) is 13.9. The number of fused-ring (bicyclic) bond motifs is 2. The highest BCUT2D eigenvalue weighted by Crippen LogP contribution is 2.25. The maximum absolute atomic E-state index is 12.5. The van der Waals surface area contributed by atoms with Gasteiger partial charge in [0.2, 0.25) is 0 Å². The first kappa shape index (κ1) is 19.1. The number of aromatic nitrogens is 2. The highest BCUT2D eigenvalue weighted by Gasteiger charge is 2.20. The maximum atomic E-state index is 12.5. The number of hydrogen-bond donors (Lipinski definition) is 1. The lowest BCUT2D eigenvalue weighted by Crippen LogP contribution is -2.30. The molecule has 1 aromatic heterocycles. The van der Waals surface area contributed by atoms with Gasteiger partial charge in [-0.3, -0.25) is 4.79 Å². The molecule has 4 rings (SSSR count). The summed E-state index contributed by atoms with van der Waals surface area (Å²) in [5.74, 6) is -0.924. The molecule has 6 heteroatoms. The Kier molecular flexibility index (Phi) is 5.01. The van der Waals surface area contributed by atoms with Crippen LogP contribution in [0.3, 0.4) is 0 Å². The van der Waals surface area contributed by atoms with E-state index >= 15 is 0 Å². The molecule has 1 aliphatic carbocycles. The molecular weight excluding hydrogens is 366 g/mol. The molecule has 3 aromatic rings. The highest BCUT2D eigenvalue weighted by molar-refractivity contribution is 5.98. The van der Waals surface area contributed by atoms with Gasteiger partial charge in [0.15, 0.2) is 6.10 Å². The molecular formula is C23H23N3O3. The van der Waals surface area contributed by atoms with Gasteiger partial charge in [-0.1, -0.05) is 6.07 Å². The smallest absolute Gasteiger partial charge is 0.338 e. The monoisotopic (exact) mass is 389 g/mol. The van der Waals surface area contributed by atoms with Crippen molar-refractivity contribution >= 4 is 28.6 Å². The van der Waals surface area contributed by atoms with E-state index in [2.05, 4.69) is 21.4 Å². The molecule has 0 saturated heterocycles. The van der Waals surface area contributed by atoms with Crippen molar-refractivity contribution < 1.29 is 14.3 Å². The van der Waals surface area contributed by atoms with Crippen LogP contribution >= 0.6 is 0 Å². The summed E-state index contributed by atoms with van der Waals surface area (Å²) in [7, 11) is 0. The second-order valence-corrected chi connectivity index (χ2v) is 7.47. The molecule has 0 bridgehead atoms. The molecule has 0 saturated carbocycles. The van der Waals surface area contributed by atoms with Crippen molar-refractivity contribution in [1.82, 2.24) is 9.97 Å². The summed E-state index contributed by atoms with van der Waals surface area (Å²) < 4.78 is 5.37. The van der Waals surface area contributed by atoms with Gasteiger partial charge >= 0.3 is 5.97 Å². The van der Waals surface area contributed by atoms with E-state index in [1.807, 2.05) is 26.0 Å². The Bertz CT molecular complexity index is 1120. The van der Waals surface area contributed by atoms with E-state index in [0.29, 0.717) is 16.6 Å². The van der Waals surface area contributed by atoms with Crippen molar-refractivity contribution in [3.05, 3.63) is 64.5 Å². The molecule has 6 nitrogen and oxygen atoms in total. The number of anilines is 1. The summed E-state index contributed by atoms with van der Waals surface area (Å²) in [5.41, 5.74) is 6.68. The summed E-state index contributed by atoms with van der Waals surface area (Å²) in [6.45, 7) is 5.33. The van der Waals surface area contributed by atoms with Crippen LogP contribution in [0, 0.1) is 13.8 Å². The molecule has 1 N–H and O–H groups in total. The summed E-state index contributed by atoms with van der Waals surface area (Å²) in [6, 6.07) is 11.0. The van der Waals surface area contributed by atoms with Crippen LogP contribution in [-0.2, 0) is 22.4 Å². The predicted octanol–water partition coefficient (Wildman–Crippen LogP) is 3.92. The van der Waals surface area contributed by atoms with Crippen LogP contribution in [0.1, 0.15) is 46.2 Å². The van der Waals surface area contributed by atoms with Gasteiger partial charge in [0, 0.05) is 5.69 Å². The number of benzene rings is 2. The fourth-order valence-corrected chi connectivity index (χ4v) is 3.53. The van der Waals surface area contributed by atoms with Crippen molar-refractivity contribution in [3.8, 4) is 0 Å². The Labute approximate surface area is 169 Å². The van der Waals surface area contributed by atoms with E-state index in [4.69, 9.17) is 4.74 Å². The molecule has 1 heterocycles. The second kappa shape index (κ2) is 7.62. The van der Waals surface area contributed by atoms with Gasteiger partial charge in [0.05, 0.1) is 28.0 Å². The number of carbonyl (C=O) groups excluding carboxylic acids is 2. The summed E-state index contributed by atoms with van der Waals surface area (Å²) in [4.78, 5) is 33.9. The van der Waals surface area contributed by atoms with Gasteiger partial charge in [0.25, 0.3) is 5.91 Å². The van der Waals surface area contributed by atoms with Crippen molar-refractivity contribution in [2.45, 2.75) is 46.1 Å². The number of nitrogens with zero attached hydrogens (tertiary/aromatic N) is 2. The molecule has 0 fully saturated rings. The molecule has 0 aliphatic heterocycles. The van der Waals surface area contributed by atoms with Gasteiger partial charge < -0.3 is 10.1 Å². The van der Waals surface area contributed by atoms with Gasteiger partial charge in [-0.05, 0) is 81.5 Å². The lowest BCUT2D eigenvalue weighted by atomic mass is 10.1. The molecule has 2 aromatic carbocycles. The van der Waals surface area contributed by atoms with Crippen molar-refractivity contribution in [2.75, 3.05) is 5.32 Å². The minimum Gasteiger partial charge on any atom is -0.449 e. The molecule has 1 amide bonds. The van der Waals surface area contributed by atoms with Crippen LogP contribution in [0.15, 0.2) is 36.4 Å². The number of amides is 1. The number of nitrogens with one attached hydrogen (secondary N) is 1. The van der Waals surface area contributed by atoms with Gasteiger partial charge in [0.1, 0.15) is 0 Å². The van der Waals surface area contributed by atoms with Crippen molar-refractivity contribution in [1.29, 1.82) is 0 Å². The Morgan fingerprint density at radius 1 is 0.966 bits per heavy atom. The summed E-state index contributed by atoms with van der Waals surface area (Å²) in [5, 5.41) is 2.83. The Hall–Kier alpha value is -3.28. The van der Waals surface area contributed by atoms with Crippen molar-refractivity contribution in [2.24, 2.45) is 0 Å². The second-order valence-electron chi connectivity index (χ2n) is 7.47. The van der Waals surface area contributed by atoms with Gasteiger partial charge in [-0.25, -0.2) is 14.8 Å². The van der Waals surface area contributed by atoms with Crippen LogP contribution in [0.4, 0.5) is 5.69 Å². The van der Waals surface area contributed by atoms with Gasteiger partial charge in [-0.15, -0.1) is 0 Å². The number of carbonyl (C=O) groups is 2. The number of aryl methyl sites for hydroxylation is 4. The van der Waals surface area contributed by atoms with Gasteiger partial charge in [-0.2, -0.15) is 0 Å². The highest BCUT2D eigenvalue weighted by atomic mass is 16.5. The zero-order chi connectivity index (χ0) is 20.5. The zero-order valence-corrected chi connectivity index (χ0v) is 16.8. The van der Waals surface area contributed by atoms with E-state index in [0.717, 1.165) is 36.3 Å². The molecule has 1 atom stereocenters. The number of ether oxygens (including phenoxy) is 1. The van der Waals surface area contributed by atoms with Crippen molar-refractivity contribution in [3.63, 3.8) is 0 Å². The molecule has 1 aliphatic rings. The van der Waals surface area contributed by atoms with E-state index < -0.39 is 12.1 Å². The Morgan fingerprint density at radius 2 is 1.69 bits per heavy atom. The Morgan fingerprint density at radius 3 is 2.48 bits per heavy atom. The predicted molar refractivity (Wildman–Crippen MR) is 111 cm³/mol. The van der Waals surface area contributed by atoms with Crippen LogP contribution < -0.4 is 5.32 Å². The van der Waals surface area contributed by atoms with E-state index in [9.17, 15) is 9.59 Å².